The number of rotatable bonds is 3. The van der Waals surface area contributed by atoms with E-state index in [4.69, 9.17) is 9.47 Å². The summed E-state index contributed by atoms with van der Waals surface area (Å²) in [6.45, 7) is 0. The average Bonchev–Trinajstić information content (AvgIpc) is 2.88. The number of nitrogens with zero attached hydrogens (tertiary/aromatic N) is 1. The van der Waals surface area contributed by atoms with Gasteiger partial charge >= 0.3 is 5.97 Å². The number of methoxy groups -OCH3 is 1. The van der Waals surface area contributed by atoms with Crippen LogP contribution in [-0.4, -0.2) is 19.0 Å². The molecule has 116 valence electrons. The molecule has 0 aromatic heterocycles. The van der Waals surface area contributed by atoms with Gasteiger partial charge in [-0.05, 0) is 42.0 Å². The lowest BCUT2D eigenvalue weighted by Crippen LogP contribution is -2.07. The van der Waals surface area contributed by atoms with Gasteiger partial charge in [-0.2, -0.15) is 0 Å². The SMILES string of the molecule is COc1ccc(Br)cc1C1=NC(=Cc2cccc(Br)c2)C(=O)O1. The third-order valence-corrected chi connectivity index (χ3v) is 4.15. The lowest BCUT2D eigenvalue weighted by atomic mass is 10.2. The molecule has 1 heterocycles. The van der Waals surface area contributed by atoms with Crippen LogP contribution >= 0.6 is 31.9 Å². The molecule has 0 N–H and O–H groups in total. The monoisotopic (exact) mass is 435 g/mol. The van der Waals surface area contributed by atoms with E-state index in [1.165, 1.54) is 0 Å². The Kier molecular flexibility index (Phi) is 4.63. The third kappa shape index (κ3) is 3.54. The molecular weight excluding hydrogens is 426 g/mol. The van der Waals surface area contributed by atoms with E-state index in [0.717, 1.165) is 14.5 Å². The molecule has 0 bridgehead atoms. The van der Waals surface area contributed by atoms with Crippen LogP contribution in [0.3, 0.4) is 0 Å². The maximum absolute atomic E-state index is 12.1. The van der Waals surface area contributed by atoms with E-state index in [-0.39, 0.29) is 11.6 Å². The van der Waals surface area contributed by atoms with Crippen molar-refractivity contribution in [1.29, 1.82) is 0 Å². The molecule has 0 saturated carbocycles. The topological polar surface area (TPSA) is 47.9 Å². The van der Waals surface area contributed by atoms with Gasteiger partial charge in [-0.3, -0.25) is 0 Å². The van der Waals surface area contributed by atoms with Crippen molar-refractivity contribution in [1.82, 2.24) is 0 Å². The zero-order valence-corrected chi connectivity index (χ0v) is 15.2. The van der Waals surface area contributed by atoms with Gasteiger partial charge in [-0.25, -0.2) is 9.79 Å². The third-order valence-electron chi connectivity index (χ3n) is 3.16. The Morgan fingerprint density at radius 2 is 1.91 bits per heavy atom. The minimum atomic E-state index is -0.484. The van der Waals surface area contributed by atoms with Crippen LogP contribution < -0.4 is 4.74 Å². The summed E-state index contributed by atoms with van der Waals surface area (Å²) in [7, 11) is 1.56. The first kappa shape index (κ1) is 16.0. The summed E-state index contributed by atoms with van der Waals surface area (Å²) in [6, 6.07) is 13.0. The molecule has 0 aliphatic carbocycles. The van der Waals surface area contributed by atoms with E-state index in [9.17, 15) is 4.79 Å². The number of carbonyl (C=O) groups is 1. The van der Waals surface area contributed by atoms with Gasteiger partial charge in [-0.1, -0.05) is 44.0 Å². The fourth-order valence-corrected chi connectivity index (χ4v) is 2.90. The van der Waals surface area contributed by atoms with Crippen LogP contribution in [-0.2, 0) is 9.53 Å². The summed E-state index contributed by atoms with van der Waals surface area (Å²) in [5.74, 6) is 0.333. The van der Waals surface area contributed by atoms with Gasteiger partial charge in [0, 0.05) is 8.95 Å². The van der Waals surface area contributed by atoms with E-state index in [2.05, 4.69) is 36.9 Å². The van der Waals surface area contributed by atoms with E-state index in [1.54, 1.807) is 25.3 Å². The molecule has 2 aromatic rings. The van der Waals surface area contributed by atoms with Crippen molar-refractivity contribution in [2.45, 2.75) is 0 Å². The van der Waals surface area contributed by atoms with Gasteiger partial charge in [0.05, 0.1) is 12.7 Å². The average molecular weight is 437 g/mol. The Bertz CT molecular complexity index is 843. The molecule has 1 aliphatic heterocycles. The summed E-state index contributed by atoms with van der Waals surface area (Å²) < 4.78 is 12.4. The van der Waals surface area contributed by atoms with Gasteiger partial charge < -0.3 is 9.47 Å². The smallest absolute Gasteiger partial charge is 0.363 e. The van der Waals surface area contributed by atoms with Crippen LogP contribution in [0.5, 0.6) is 5.75 Å². The van der Waals surface area contributed by atoms with Crippen molar-refractivity contribution in [2.24, 2.45) is 4.99 Å². The first-order chi connectivity index (χ1) is 11.1. The standard InChI is InChI=1S/C17H11Br2NO3/c1-22-15-6-5-12(19)9-13(15)16-20-14(17(21)23-16)8-10-3-2-4-11(18)7-10/h2-9H,1H3. The molecule has 1 aliphatic rings. The zero-order chi connectivity index (χ0) is 16.4. The highest BCUT2D eigenvalue weighted by Crippen LogP contribution is 2.28. The Labute approximate surface area is 150 Å². The molecule has 0 atom stereocenters. The lowest BCUT2D eigenvalue weighted by molar-refractivity contribution is -0.129. The molecule has 0 unspecified atom stereocenters. The van der Waals surface area contributed by atoms with Crippen LogP contribution in [0.1, 0.15) is 11.1 Å². The van der Waals surface area contributed by atoms with Crippen molar-refractivity contribution >= 4 is 49.8 Å². The van der Waals surface area contributed by atoms with Crippen molar-refractivity contribution in [3.63, 3.8) is 0 Å². The second-order valence-corrected chi connectivity index (χ2v) is 6.57. The number of cyclic esters (lactones) is 1. The number of ether oxygens (including phenoxy) is 2. The second-order valence-electron chi connectivity index (χ2n) is 4.74. The van der Waals surface area contributed by atoms with Crippen LogP contribution in [0.25, 0.3) is 6.08 Å². The van der Waals surface area contributed by atoms with E-state index < -0.39 is 5.97 Å². The first-order valence-electron chi connectivity index (χ1n) is 6.69. The van der Waals surface area contributed by atoms with Crippen LogP contribution in [0.15, 0.2) is 62.1 Å². The summed E-state index contributed by atoms with van der Waals surface area (Å²) >= 11 is 6.79. The van der Waals surface area contributed by atoms with Crippen molar-refractivity contribution in [3.8, 4) is 5.75 Å². The summed E-state index contributed by atoms with van der Waals surface area (Å²) in [6.07, 6.45) is 1.69. The number of benzene rings is 2. The van der Waals surface area contributed by atoms with Crippen molar-refractivity contribution in [2.75, 3.05) is 7.11 Å². The van der Waals surface area contributed by atoms with Gasteiger partial charge in [0.15, 0.2) is 5.70 Å². The molecule has 0 fully saturated rings. The summed E-state index contributed by atoms with van der Waals surface area (Å²) in [4.78, 5) is 16.4. The number of hydrogen-bond donors (Lipinski definition) is 0. The Morgan fingerprint density at radius 3 is 2.65 bits per heavy atom. The molecule has 4 nitrogen and oxygen atoms in total. The second kappa shape index (κ2) is 6.68. The molecule has 0 amide bonds. The number of esters is 1. The molecule has 2 aromatic carbocycles. The number of aliphatic imine (C=N–C) groups is 1. The molecule has 3 rings (SSSR count). The Balaban J connectivity index is 2.00. The normalized spacial score (nSPS) is 15.5. The molecule has 6 heteroatoms. The zero-order valence-electron chi connectivity index (χ0n) is 12.0. The largest absolute Gasteiger partial charge is 0.496 e. The highest BCUT2D eigenvalue weighted by Gasteiger charge is 2.26. The summed E-state index contributed by atoms with van der Waals surface area (Å²) in [5.41, 5.74) is 1.73. The van der Waals surface area contributed by atoms with Crippen molar-refractivity contribution in [3.05, 3.63) is 68.2 Å². The van der Waals surface area contributed by atoms with Gasteiger partial charge in [-0.15, -0.1) is 0 Å². The molecular formula is C17H11Br2NO3. The minimum Gasteiger partial charge on any atom is -0.496 e. The fraction of sp³-hybridized carbons (Fsp3) is 0.0588. The first-order valence-corrected chi connectivity index (χ1v) is 8.27. The van der Waals surface area contributed by atoms with Crippen molar-refractivity contribution < 1.29 is 14.3 Å². The predicted molar refractivity (Wildman–Crippen MR) is 95.4 cm³/mol. The predicted octanol–water partition coefficient (Wildman–Crippen LogP) is 4.56. The highest BCUT2D eigenvalue weighted by atomic mass is 79.9. The minimum absolute atomic E-state index is 0.231. The van der Waals surface area contributed by atoms with E-state index in [0.29, 0.717) is 11.3 Å². The number of hydrogen-bond acceptors (Lipinski definition) is 4. The summed E-state index contributed by atoms with van der Waals surface area (Å²) in [5, 5.41) is 0. The maximum Gasteiger partial charge on any atom is 0.363 e. The van der Waals surface area contributed by atoms with Crippen LogP contribution in [0.4, 0.5) is 0 Å². The fourth-order valence-electron chi connectivity index (χ4n) is 2.13. The number of halogens is 2. The number of carbonyl (C=O) groups excluding carboxylic acids is 1. The molecule has 23 heavy (non-hydrogen) atoms. The van der Waals surface area contributed by atoms with E-state index in [1.807, 2.05) is 30.3 Å². The van der Waals surface area contributed by atoms with Gasteiger partial charge in [0.1, 0.15) is 5.75 Å². The lowest BCUT2D eigenvalue weighted by Gasteiger charge is -2.07. The van der Waals surface area contributed by atoms with Crippen LogP contribution in [0.2, 0.25) is 0 Å². The van der Waals surface area contributed by atoms with Crippen LogP contribution in [0, 0.1) is 0 Å². The molecule has 0 radical (unpaired) electrons. The maximum atomic E-state index is 12.1. The highest BCUT2D eigenvalue weighted by molar-refractivity contribution is 9.10. The Morgan fingerprint density at radius 1 is 1.13 bits per heavy atom. The van der Waals surface area contributed by atoms with Gasteiger partial charge in [0.25, 0.3) is 0 Å². The van der Waals surface area contributed by atoms with Gasteiger partial charge in [0.2, 0.25) is 5.90 Å². The molecule has 0 saturated heterocycles. The molecule has 0 spiro atoms. The van der Waals surface area contributed by atoms with E-state index >= 15 is 0 Å². The Hall–Kier alpha value is -1.92. The quantitative estimate of drug-likeness (QED) is 0.523.